The van der Waals surface area contributed by atoms with Crippen molar-refractivity contribution < 1.29 is 4.57 Å². The van der Waals surface area contributed by atoms with Crippen molar-refractivity contribution in [2.24, 2.45) is 0 Å². The molecule has 148 valence electrons. The summed E-state index contributed by atoms with van der Waals surface area (Å²) in [5, 5.41) is 9.05. The Bertz CT molecular complexity index is 1160. The Balaban J connectivity index is 1.83. The lowest BCUT2D eigenvalue weighted by atomic mass is 10.0. The second kappa shape index (κ2) is 9.28. The summed E-state index contributed by atoms with van der Waals surface area (Å²) in [6, 6.07) is 29.0. The van der Waals surface area contributed by atoms with E-state index in [0.717, 1.165) is 27.3 Å². The lowest BCUT2D eigenvalue weighted by Crippen LogP contribution is -2.30. The van der Waals surface area contributed by atoms with Crippen LogP contribution in [0.2, 0.25) is 0 Å². The summed E-state index contributed by atoms with van der Waals surface area (Å²) in [6.45, 7) is 2.06. The summed E-state index contributed by atoms with van der Waals surface area (Å²) >= 11 is 1.62. The van der Waals surface area contributed by atoms with Gasteiger partial charge in [0.1, 0.15) is 6.04 Å². The van der Waals surface area contributed by atoms with E-state index in [1.807, 2.05) is 89.6 Å². The van der Waals surface area contributed by atoms with Gasteiger partial charge in [0, 0.05) is 21.6 Å². The van der Waals surface area contributed by atoms with Crippen LogP contribution in [0.3, 0.4) is 0 Å². The lowest BCUT2D eigenvalue weighted by Gasteiger charge is -2.25. The van der Waals surface area contributed by atoms with Crippen LogP contribution < -0.4 is 15.7 Å². The number of aryl methyl sites for hydroxylation is 1. The zero-order valence-electron chi connectivity index (χ0n) is 16.7. The van der Waals surface area contributed by atoms with Crippen molar-refractivity contribution in [2.45, 2.75) is 13.0 Å². The average Bonchev–Trinajstić information content (AvgIpc) is 3.32. The summed E-state index contributed by atoms with van der Waals surface area (Å²) in [5.41, 5.74) is 3.12. The minimum atomic E-state index is -3.12. The topological polar surface area (TPSA) is 29.1 Å². The monoisotopic (exact) mass is 427 g/mol. The van der Waals surface area contributed by atoms with Crippen LogP contribution in [-0.4, -0.2) is 0 Å². The number of thiophene rings is 1. The number of benzene rings is 3. The molecule has 0 fully saturated rings. The first-order valence-electron chi connectivity index (χ1n) is 9.75. The summed E-state index contributed by atoms with van der Waals surface area (Å²) in [7, 11) is -3.12. The molecule has 0 aliphatic heterocycles. The van der Waals surface area contributed by atoms with E-state index in [1.165, 1.54) is 0 Å². The third-order valence-corrected chi connectivity index (χ3v) is 8.29. The molecular formula is C26H22NOPS. The maximum absolute atomic E-state index is 14.5. The highest BCUT2D eigenvalue weighted by Crippen LogP contribution is 2.42. The Morgan fingerprint density at radius 3 is 2.00 bits per heavy atom. The average molecular weight is 428 g/mol. The second-order valence-corrected chi connectivity index (χ2v) is 10.3. The summed E-state index contributed by atoms with van der Waals surface area (Å²) < 4.78 is 14.5. The molecule has 0 saturated heterocycles. The molecule has 0 radical (unpaired) electrons. The minimum absolute atomic E-state index is 0.377. The molecule has 0 aliphatic carbocycles. The Hall–Kier alpha value is -2.89. The minimum Gasteiger partial charge on any atom is -0.296 e. The highest BCUT2D eigenvalue weighted by atomic mass is 32.1. The van der Waals surface area contributed by atoms with Gasteiger partial charge in [-0.2, -0.15) is 11.3 Å². The van der Waals surface area contributed by atoms with Crippen molar-refractivity contribution in [2.75, 3.05) is 0 Å². The molecule has 0 bridgehead atoms. The fraction of sp³-hybridized carbons (Fsp3) is 0.0769. The zero-order valence-corrected chi connectivity index (χ0v) is 18.4. The molecule has 0 aliphatic rings. The van der Waals surface area contributed by atoms with Gasteiger partial charge in [0.05, 0.1) is 0 Å². The SMILES string of the molecule is Cc1ccccc1[C@H](C#Cc1ccsc1)NP(=O)(c1ccccc1)c1ccccc1. The van der Waals surface area contributed by atoms with Crippen molar-refractivity contribution >= 4 is 29.2 Å². The van der Waals surface area contributed by atoms with Crippen LogP contribution in [0.5, 0.6) is 0 Å². The van der Waals surface area contributed by atoms with E-state index in [0.29, 0.717) is 0 Å². The molecule has 4 rings (SSSR count). The predicted molar refractivity (Wildman–Crippen MR) is 128 cm³/mol. The maximum atomic E-state index is 14.5. The lowest BCUT2D eigenvalue weighted by molar-refractivity contribution is 0.574. The van der Waals surface area contributed by atoms with E-state index in [-0.39, 0.29) is 6.04 Å². The number of nitrogens with one attached hydrogen (secondary N) is 1. The van der Waals surface area contributed by atoms with E-state index < -0.39 is 7.29 Å². The van der Waals surface area contributed by atoms with Crippen molar-refractivity contribution in [1.29, 1.82) is 0 Å². The first-order valence-corrected chi connectivity index (χ1v) is 12.4. The van der Waals surface area contributed by atoms with Gasteiger partial charge >= 0.3 is 0 Å². The van der Waals surface area contributed by atoms with Crippen LogP contribution in [0.4, 0.5) is 0 Å². The Labute approximate surface area is 182 Å². The van der Waals surface area contributed by atoms with Gasteiger partial charge in [-0.25, -0.2) is 5.09 Å². The van der Waals surface area contributed by atoms with Crippen LogP contribution in [0.25, 0.3) is 0 Å². The first-order chi connectivity index (χ1) is 14.7. The van der Waals surface area contributed by atoms with Gasteiger partial charge in [0.2, 0.25) is 7.29 Å². The van der Waals surface area contributed by atoms with E-state index >= 15 is 0 Å². The smallest absolute Gasteiger partial charge is 0.205 e. The zero-order chi connectivity index (χ0) is 20.8. The third-order valence-electron chi connectivity index (χ3n) is 4.93. The van der Waals surface area contributed by atoms with Gasteiger partial charge in [-0.15, -0.1) is 0 Å². The van der Waals surface area contributed by atoms with Gasteiger partial charge in [-0.05, 0) is 53.8 Å². The normalized spacial score (nSPS) is 12.0. The van der Waals surface area contributed by atoms with Gasteiger partial charge in [-0.3, -0.25) is 4.57 Å². The van der Waals surface area contributed by atoms with Crippen LogP contribution in [0.1, 0.15) is 22.7 Å². The van der Waals surface area contributed by atoms with Crippen molar-refractivity contribution in [3.8, 4) is 11.8 Å². The van der Waals surface area contributed by atoms with E-state index in [1.54, 1.807) is 11.3 Å². The molecule has 0 unspecified atom stereocenters. The molecule has 0 spiro atoms. The predicted octanol–water partition coefficient (Wildman–Crippen LogP) is 5.67. The van der Waals surface area contributed by atoms with Crippen LogP contribution in [-0.2, 0) is 4.57 Å². The van der Waals surface area contributed by atoms with Crippen molar-refractivity contribution in [3.63, 3.8) is 0 Å². The van der Waals surface area contributed by atoms with Crippen molar-refractivity contribution in [3.05, 3.63) is 118 Å². The van der Waals surface area contributed by atoms with Crippen molar-refractivity contribution in [1.82, 2.24) is 5.09 Å². The largest absolute Gasteiger partial charge is 0.296 e. The quantitative estimate of drug-likeness (QED) is 0.329. The number of hydrogen-bond donors (Lipinski definition) is 1. The molecule has 0 amide bonds. The number of hydrogen-bond acceptors (Lipinski definition) is 2. The standard InChI is InChI=1S/C26H22NOPS/c1-21-10-8-9-15-25(21)26(17-16-22-18-19-30-20-22)27-29(28,23-11-4-2-5-12-23)24-13-6-3-7-14-24/h2-15,18-20,26H,1H3,(H,27,28)/t26-/m0/s1. The molecular weight excluding hydrogens is 405 g/mol. The Morgan fingerprint density at radius 2 is 1.43 bits per heavy atom. The first kappa shape index (κ1) is 20.4. The van der Waals surface area contributed by atoms with E-state index in [2.05, 4.69) is 36.0 Å². The van der Waals surface area contributed by atoms with Gasteiger partial charge < -0.3 is 0 Å². The van der Waals surface area contributed by atoms with E-state index in [9.17, 15) is 4.57 Å². The molecule has 0 saturated carbocycles. The molecule has 1 heterocycles. The fourth-order valence-electron chi connectivity index (χ4n) is 3.34. The highest BCUT2D eigenvalue weighted by molar-refractivity contribution is 7.76. The molecule has 2 nitrogen and oxygen atoms in total. The molecule has 3 aromatic carbocycles. The molecule has 4 aromatic rings. The van der Waals surface area contributed by atoms with Crippen LogP contribution in [0, 0.1) is 18.8 Å². The fourth-order valence-corrected chi connectivity index (χ4v) is 6.27. The number of rotatable bonds is 5. The second-order valence-electron chi connectivity index (χ2n) is 6.98. The third kappa shape index (κ3) is 4.48. The Kier molecular flexibility index (Phi) is 6.31. The van der Waals surface area contributed by atoms with Crippen LogP contribution >= 0.6 is 18.6 Å². The summed E-state index contributed by atoms with van der Waals surface area (Å²) in [5.74, 6) is 6.60. The van der Waals surface area contributed by atoms with Gasteiger partial charge in [-0.1, -0.05) is 72.5 Å². The molecule has 1 N–H and O–H groups in total. The van der Waals surface area contributed by atoms with Gasteiger partial charge in [0.15, 0.2) is 0 Å². The molecule has 1 aromatic heterocycles. The summed E-state index contributed by atoms with van der Waals surface area (Å²) in [6.07, 6.45) is 0. The maximum Gasteiger partial charge on any atom is 0.205 e. The highest BCUT2D eigenvalue weighted by Gasteiger charge is 2.30. The van der Waals surface area contributed by atoms with Gasteiger partial charge in [0.25, 0.3) is 0 Å². The van der Waals surface area contributed by atoms with Crippen LogP contribution in [0.15, 0.2) is 102 Å². The Morgan fingerprint density at radius 1 is 0.833 bits per heavy atom. The molecule has 1 atom stereocenters. The summed E-state index contributed by atoms with van der Waals surface area (Å²) in [4.78, 5) is 0. The van der Waals surface area contributed by atoms with E-state index in [4.69, 9.17) is 0 Å². The molecule has 30 heavy (non-hydrogen) atoms. The molecule has 4 heteroatoms.